The van der Waals surface area contributed by atoms with Crippen LogP contribution >= 0.6 is 0 Å². The molecule has 0 saturated carbocycles. The van der Waals surface area contributed by atoms with Gasteiger partial charge in [0.25, 0.3) is 0 Å². The number of nitrogens with one attached hydrogen (secondary N) is 1. The maximum absolute atomic E-state index is 10.4. The molecular weight excluding hydrogens is 146 g/mol. The summed E-state index contributed by atoms with van der Waals surface area (Å²) in [6.07, 6.45) is 0.549. The van der Waals surface area contributed by atoms with Crippen molar-refractivity contribution in [1.29, 1.82) is 0 Å². The first kappa shape index (κ1) is 8.20. The van der Waals surface area contributed by atoms with Crippen molar-refractivity contribution in [2.24, 2.45) is 5.92 Å². The number of esters is 1. The van der Waals surface area contributed by atoms with Crippen LogP contribution in [0.25, 0.3) is 0 Å². The highest BCUT2D eigenvalue weighted by Gasteiger charge is 2.38. The standard InChI is InChI=1S/C7H11NO3/c1-4-6(3-9)8-7(4)11-5(2)10/h3-4,6-8H,1-2H3. The van der Waals surface area contributed by atoms with Crippen LogP contribution in [0.5, 0.6) is 0 Å². The molecule has 11 heavy (non-hydrogen) atoms. The van der Waals surface area contributed by atoms with Crippen molar-refractivity contribution in [3.8, 4) is 0 Å². The molecule has 0 aromatic carbocycles. The van der Waals surface area contributed by atoms with Gasteiger partial charge >= 0.3 is 5.97 Å². The Morgan fingerprint density at radius 1 is 1.64 bits per heavy atom. The molecule has 1 heterocycles. The summed E-state index contributed by atoms with van der Waals surface area (Å²) in [5.41, 5.74) is 0. The number of carbonyl (C=O) groups is 2. The van der Waals surface area contributed by atoms with Crippen molar-refractivity contribution < 1.29 is 14.3 Å². The Bertz CT molecular complexity index is 181. The number of carbonyl (C=O) groups excluding carboxylic acids is 2. The Kier molecular flexibility index (Phi) is 2.24. The lowest BCUT2D eigenvalue weighted by atomic mass is 9.92. The van der Waals surface area contributed by atoms with Crippen LogP contribution in [-0.4, -0.2) is 24.5 Å². The van der Waals surface area contributed by atoms with Crippen LogP contribution in [0.1, 0.15) is 13.8 Å². The van der Waals surface area contributed by atoms with E-state index in [4.69, 9.17) is 4.74 Å². The molecule has 0 bridgehead atoms. The van der Waals surface area contributed by atoms with Gasteiger partial charge in [-0.05, 0) is 0 Å². The highest BCUT2D eigenvalue weighted by molar-refractivity contribution is 5.67. The summed E-state index contributed by atoms with van der Waals surface area (Å²) in [5, 5.41) is 2.80. The maximum Gasteiger partial charge on any atom is 0.304 e. The highest BCUT2D eigenvalue weighted by atomic mass is 16.6. The monoisotopic (exact) mass is 157 g/mol. The molecule has 1 saturated heterocycles. The molecule has 0 aromatic heterocycles. The molecule has 1 aliphatic rings. The van der Waals surface area contributed by atoms with Gasteiger partial charge in [0.15, 0.2) is 6.23 Å². The lowest BCUT2D eigenvalue weighted by Crippen LogP contribution is -2.62. The Morgan fingerprint density at radius 2 is 2.27 bits per heavy atom. The molecule has 4 nitrogen and oxygen atoms in total. The first-order valence-electron chi connectivity index (χ1n) is 3.53. The van der Waals surface area contributed by atoms with Gasteiger partial charge in [0.1, 0.15) is 6.29 Å². The number of hydrogen-bond acceptors (Lipinski definition) is 4. The fourth-order valence-corrected chi connectivity index (χ4v) is 1.05. The third-order valence-corrected chi connectivity index (χ3v) is 1.84. The molecule has 62 valence electrons. The van der Waals surface area contributed by atoms with E-state index in [1.54, 1.807) is 0 Å². The molecule has 0 spiro atoms. The average Bonchev–Trinajstić information content (AvgIpc) is 1.96. The normalized spacial score (nSPS) is 35.6. The first-order valence-corrected chi connectivity index (χ1v) is 3.53. The van der Waals surface area contributed by atoms with Crippen LogP contribution in [0.3, 0.4) is 0 Å². The van der Waals surface area contributed by atoms with Gasteiger partial charge in [0, 0.05) is 12.8 Å². The van der Waals surface area contributed by atoms with Gasteiger partial charge in [-0.3, -0.25) is 10.1 Å². The first-order chi connectivity index (χ1) is 5.15. The molecule has 0 aromatic rings. The number of ether oxygens (including phenoxy) is 1. The van der Waals surface area contributed by atoms with Gasteiger partial charge in [-0.15, -0.1) is 0 Å². The van der Waals surface area contributed by atoms with Crippen LogP contribution in [0, 0.1) is 5.92 Å². The summed E-state index contributed by atoms with van der Waals surface area (Å²) in [5.74, 6) is -0.227. The molecule has 4 heteroatoms. The van der Waals surface area contributed by atoms with Gasteiger partial charge < -0.3 is 9.53 Å². The summed E-state index contributed by atoms with van der Waals surface area (Å²) in [6, 6.07) is -0.153. The smallest absolute Gasteiger partial charge is 0.304 e. The second-order valence-electron chi connectivity index (χ2n) is 2.72. The van der Waals surface area contributed by atoms with Crippen molar-refractivity contribution in [3.63, 3.8) is 0 Å². The summed E-state index contributed by atoms with van der Waals surface area (Å²) in [6.45, 7) is 3.21. The highest BCUT2D eigenvalue weighted by Crippen LogP contribution is 2.19. The van der Waals surface area contributed by atoms with Crippen LogP contribution < -0.4 is 5.32 Å². The van der Waals surface area contributed by atoms with E-state index in [9.17, 15) is 9.59 Å². The zero-order valence-electron chi connectivity index (χ0n) is 6.53. The van der Waals surface area contributed by atoms with E-state index >= 15 is 0 Å². The van der Waals surface area contributed by atoms with Gasteiger partial charge in [-0.2, -0.15) is 0 Å². The van der Waals surface area contributed by atoms with E-state index in [-0.39, 0.29) is 24.2 Å². The summed E-state index contributed by atoms with van der Waals surface area (Å²) in [4.78, 5) is 20.7. The van der Waals surface area contributed by atoms with Crippen molar-refractivity contribution in [2.75, 3.05) is 0 Å². The van der Waals surface area contributed by atoms with E-state index in [0.717, 1.165) is 6.29 Å². The predicted molar refractivity (Wildman–Crippen MR) is 37.7 cm³/mol. The third-order valence-electron chi connectivity index (χ3n) is 1.84. The topological polar surface area (TPSA) is 55.4 Å². The van der Waals surface area contributed by atoms with Gasteiger partial charge in [0.05, 0.1) is 6.04 Å². The molecule has 0 radical (unpaired) electrons. The summed E-state index contributed by atoms with van der Waals surface area (Å²) < 4.78 is 4.82. The second-order valence-corrected chi connectivity index (χ2v) is 2.72. The summed E-state index contributed by atoms with van der Waals surface area (Å²) >= 11 is 0. The number of aldehydes is 1. The average molecular weight is 157 g/mol. The van der Waals surface area contributed by atoms with Crippen LogP contribution in [0.15, 0.2) is 0 Å². The van der Waals surface area contributed by atoms with Crippen molar-refractivity contribution >= 4 is 12.3 Å². The fourth-order valence-electron chi connectivity index (χ4n) is 1.05. The molecular formula is C7H11NO3. The lowest BCUT2D eigenvalue weighted by molar-refractivity contribution is -0.162. The molecule has 0 amide bonds. The van der Waals surface area contributed by atoms with E-state index in [2.05, 4.69) is 5.32 Å². The van der Waals surface area contributed by atoms with E-state index in [1.165, 1.54) is 6.92 Å². The van der Waals surface area contributed by atoms with Crippen molar-refractivity contribution in [3.05, 3.63) is 0 Å². The predicted octanol–water partition coefficient (Wildman–Crippen LogP) is -0.318. The summed E-state index contributed by atoms with van der Waals surface area (Å²) in [7, 11) is 0. The second kappa shape index (κ2) is 3.00. The number of rotatable bonds is 2. The minimum absolute atomic E-state index is 0.0939. The van der Waals surface area contributed by atoms with Gasteiger partial charge in [-0.25, -0.2) is 0 Å². The largest absolute Gasteiger partial charge is 0.446 e. The fraction of sp³-hybridized carbons (Fsp3) is 0.714. The Balaban J connectivity index is 2.32. The molecule has 1 fully saturated rings. The van der Waals surface area contributed by atoms with Crippen LogP contribution in [0.2, 0.25) is 0 Å². The quantitative estimate of drug-likeness (QED) is 0.441. The molecule has 1 rings (SSSR count). The van der Waals surface area contributed by atoms with Crippen LogP contribution in [-0.2, 0) is 14.3 Å². The molecule has 3 unspecified atom stereocenters. The lowest BCUT2D eigenvalue weighted by Gasteiger charge is -2.39. The molecule has 3 atom stereocenters. The SMILES string of the molecule is CC(=O)OC1NC(C=O)C1C. The maximum atomic E-state index is 10.4. The molecule has 1 N–H and O–H groups in total. The van der Waals surface area contributed by atoms with Gasteiger partial charge in [0.2, 0.25) is 0 Å². The Labute approximate surface area is 64.9 Å². The van der Waals surface area contributed by atoms with Gasteiger partial charge in [-0.1, -0.05) is 6.92 Å². The van der Waals surface area contributed by atoms with E-state index in [1.807, 2.05) is 6.92 Å². The Hall–Kier alpha value is -0.900. The minimum Gasteiger partial charge on any atom is -0.446 e. The van der Waals surface area contributed by atoms with Crippen molar-refractivity contribution in [2.45, 2.75) is 26.1 Å². The van der Waals surface area contributed by atoms with E-state index < -0.39 is 0 Å². The molecule has 0 aliphatic carbocycles. The Morgan fingerprint density at radius 3 is 2.64 bits per heavy atom. The van der Waals surface area contributed by atoms with Crippen LogP contribution in [0.4, 0.5) is 0 Å². The molecule has 1 aliphatic heterocycles. The third kappa shape index (κ3) is 1.57. The number of hydrogen-bond donors (Lipinski definition) is 1. The van der Waals surface area contributed by atoms with E-state index in [0.29, 0.717) is 0 Å². The zero-order valence-corrected chi connectivity index (χ0v) is 6.53. The van der Waals surface area contributed by atoms with Crippen molar-refractivity contribution in [1.82, 2.24) is 5.32 Å². The minimum atomic E-state index is -0.321. The zero-order chi connectivity index (χ0) is 8.43.